The van der Waals surface area contributed by atoms with E-state index in [4.69, 9.17) is 33.7 Å². The molecule has 4 N–H and O–H groups in total. The number of hydrogen-bond donors (Lipinski definition) is 3. The summed E-state index contributed by atoms with van der Waals surface area (Å²) in [5, 5.41) is 15.4. The average molecular weight is 675 g/mol. The number of alkyl halides is 1. The van der Waals surface area contributed by atoms with Crippen LogP contribution in [0.1, 0.15) is 32.9 Å². The zero-order valence-electron chi connectivity index (χ0n) is 25.9. The van der Waals surface area contributed by atoms with Crippen molar-refractivity contribution in [3.05, 3.63) is 48.8 Å². The van der Waals surface area contributed by atoms with Gasteiger partial charge in [0, 0.05) is 18.2 Å². The number of nitrogens with zero attached hydrogens (tertiary/aromatic N) is 4. The first-order valence-corrected chi connectivity index (χ1v) is 16.6. The predicted molar refractivity (Wildman–Crippen MR) is 166 cm³/mol. The van der Waals surface area contributed by atoms with Crippen LogP contribution in [0.25, 0.3) is 21.9 Å². The first kappa shape index (κ1) is 33.0. The molecule has 6 atom stereocenters. The highest BCUT2D eigenvalue weighted by atomic mass is 31.2. The van der Waals surface area contributed by atoms with E-state index in [0.29, 0.717) is 31.4 Å². The fraction of sp³-hybridized carbons (Fsp3) is 0.467. The van der Waals surface area contributed by atoms with Crippen LogP contribution < -0.4 is 20.1 Å². The lowest BCUT2D eigenvalue weighted by Crippen LogP contribution is -2.42. The van der Waals surface area contributed by atoms with Gasteiger partial charge < -0.3 is 34.3 Å². The van der Waals surface area contributed by atoms with Crippen LogP contribution in [0.15, 0.2) is 48.8 Å². The molecule has 0 bridgehead atoms. The zero-order chi connectivity index (χ0) is 33.3. The molecule has 0 spiro atoms. The van der Waals surface area contributed by atoms with Gasteiger partial charge in [-0.05, 0) is 25.3 Å². The van der Waals surface area contributed by atoms with Gasteiger partial charge in [-0.1, -0.05) is 36.4 Å². The zero-order valence-corrected chi connectivity index (χ0v) is 26.8. The SMILES string of the molecule is COc1nc(N)nc2c1ncn2C1O[C@H](COP(=O)(N[C@@H](C)C(=O)OC2CCOCC2)Oc2cccc3ccccc23)[C@@H](F)[C@@]1(C)O. The average Bonchev–Trinajstić information content (AvgIpc) is 3.57. The lowest BCUT2D eigenvalue weighted by molar-refractivity contribution is -0.154. The molecule has 0 radical (unpaired) electrons. The monoisotopic (exact) mass is 674 g/mol. The summed E-state index contributed by atoms with van der Waals surface area (Å²) in [6, 6.07) is 11.3. The highest BCUT2D eigenvalue weighted by Gasteiger charge is 2.55. The number of fused-ring (bicyclic) bond motifs is 2. The van der Waals surface area contributed by atoms with Crippen LogP contribution in [0, 0.1) is 0 Å². The van der Waals surface area contributed by atoms with Gasteiger partial charge in [-0.15, -0.1) is 0 Å². The number of aromatic nitrogens is 4. The summed E-state index contributed by atoms with van der Waals surface area (Å²) in [5.74, 6) is -0.515. The van der Waals surface area contributed by atoms with Crippen molar-refractivity contribution in [3.63, 3.8) is 0 Å². The molecule has 4 heterocycles. The van der Waals surface area contributed by atoms with Crippen LogP contribution in [0.5, 0.6) is 11.6 Å². The van der Waals surface area contributed by atoms with Crippen molar-refractivity contribution in [3.8, 4) is 11.6 Å². The molecule has 2 fully saturated rings. The molecule has 6 rings (SSSR count). The number of aliphatic hydroxyl groups is 1. The van der Waals surface area contributed by atoms with E-state index in [2.05, 4.69) is 20.0 Å². The topological polar surface area (TPSA) is 191 Å². The molecule has 2 aromatic heterocycles. The van der Waals surface area contributed by atoms with Gasteiger partial charge in [0.05, 0.1) is 33.3 Å². The smallest absolute Gasteiger partial charge is 0.459 e. The molecule has 0 aliphatic carbocycles. The quantitative estimate of drug-likeness (QED) is 0.155. The first-order chi connectivity index (χ1) is 22.5. The molecule has 2 unspecified atom stereocenters. The Morgan fingerprint density at radius 3 is 2.74 bits per heavy atom. The van der Waals surface area contributed by atoms with Crippen LogP contribution in [0.3, 0.4) is 0 Å². The summed E-state index contributed by atoms with van der Waals surface area (Å²) >= 11 is 0. The molecule has 252 valence electrons. The maximum Gasteiger partial charge on any atom is 0.459 e. The lowest BCUT2D eigenvalue weighted by Gasteiger charge is -2.27. The van der Waals surface area contributed by atoms with Crippen molar-refractivity contribution in [1.82, 2.24) is 24.6 Å². The van der Waals surface area contributed by atoms with Gasteiger partial charge in [-0.3, -0.25) is 13.9 Å². The highest BCUT2D eigenvalue weighted by molar-refractivity contribution is 7.52. The Labute approximate surface area is 269 Å². The summed E-state index contributed by atoms with van der Waals surface area (Å²) in [7, 11) is -3.06. The van der Waals surface area contributed by atoms with E-state index in [-0.39, 0.29) is 34.8 Å². The Bertz CT molecular complexity index is 1800. The fourth-order valence-electron chi connectivity index (χ4n) is 5.59. The number of rotatable bonds is 11. The number of esters is 1. The molecule has 2 aliphatic heterocycles. The number of nitrogens with one attached hydrogen (secondary N) is 1. The Morgan fingerprint density at radius 1 is 1.23 bits per heavy atom. The maximum absolute atomic E-state index is 15.9. The van der Waals surface area contributed by atoms with Gasteiger partial charge in [0.2, 0.25) is 11.8 Å². The van der Waals surface area contributed by atoms with Crippen LogP contribution in [0.2, 0.25) is 0 Å². The number of halogens is 1. The summed E-state index contributed by atoms with van der Waals surface area (Å²) in [4.78, 5) is 25.4. The van der Waals surface area contributed by atoms with Crippen LogP contribution in [-0.4, -0.2) is 87.5 Å². The Hall–Kier alpha value is -3.92. The number of nitrogens with two attached hydrogens (primary N) is 1. The second kappa shape index (κ2) is 13.3. The normalized spacial score (nSPS) is 25.4. The molecule has 2 aromatic carbocycles. The van der Waals surface area contributed by atoms with E-state index < -0.39 is 50.5 Å². The van der Waals surface area contributed by atoms with Gasteiger partial charge in [0.25, 0.3) is 0 Å². The summed E-state index contributed by atoms with van der Waals surface area (Å²) < 4.78 is 65.4. The van der Waals surface area contributed by atoms with Crippen LogP contribution in [-0.2, 0) is 28.1 Å². The van der Waals surface area contributed by atoms with E-state index in [0.717, 1.165) is 5.39 Å². The fourth-order valence-corrected chi connectivity index (χ4v) is 7.11. The number of imidazole rings is 1. The summed E-state index contributed by atoms with van der Waals surface area (Å²) in [6.07, 6.45) is -2.81. The number of anilines is 1. The van der Waals surface area contributed by atoms with E-state index in [9.17, 15) is 14.5 Å². The predicted octanol–water partition coefficient (Wildman–Crippen LogP) is 3.46. The number of nitrogen functional groups attached to an aromatic ring is 1. The Balaban J connectivity index is 1.24. The Kier molecular flexibility index (Phi) is 9.34. The molecular weight excluding hydrogens is 638 g/mol. The van der Waals surface area contributed by atoms with Gasteiger partial charge >= 0.3 is 13.7 Å². The molecule has 2 aliphatic rings. The largest absolute Gasteiger partial charge is 0.479 e. The number of carbonyl (C=O) groups is 1. The molecule has 4 aromatic rings. The Morgan fingerprint density at radius 2 is 1.98 bits per heavy atom. The number of carbonyl (C=O) groups excluding carboxylic acids is 1. The number of ether oxygens (including phenoxy) is 4. The maximum atomic E-state index is 15.9. The van der Waals surface area contributed by atoms with Crippen molar-refractivity contribution < 1.29 is 46.9 Å². The van der Waals surface area contributed by atoms with Crippen molar-refractivity contribution in [2.75, 3.05) is 32.7 Å². The van der Waals surface area contributed by atoms with Gasteiger partial charge in [0.1, 0.15) is 29.6 Å². The third-order valence-corrected chi connectivity index (χ3v) is 9.70. The van der Waals surface area contributed by atoms with Crippen molar-refractivity contribution >= 4 is 41.6 Å². The number of benzene rings is 2. The number of methoxy groups -OCH3 is 1. The molecular formula is C30H36FN6O9P. The minimum atomic E-state index is -4.44. The van der Waals surface area contributed by atoms with Gasteiger partial charge in [0.15, 0.2) is 23.6 Å². The molecule has 15 nitrogen and oxygen atoms in total. The van der Waals surface area contributed by atoms with E-state index in [1.165, 1.54) is 31.9 Å². The lowest BCUT2D eigenvalue weighted by atomic mass is 9.98. The third-order valence-electron chi connectivity index (χ3n) is 8.07. The van der Waals surface area contributed by atoms with Crippen molar-refractivity contribution in [2.24, 2.45) is 0 Å². The summed E-state index contributed by atoms with van der Waals surface area (Å²) in [5.41, 5.74) is 4.06. The standard InChI is InChI=1S/C30H36FN6O9P/c1-17(27(38)44-19-11-13-42-14-12-19)36-47(40,46-21-10-6-8-18-7-4-5-9-20(18)21)43-15-22-24(31)30(2,39)28(45-22)37-16-33-23-25(37)34-29(32)35-26(23)41-3/h4-10,16-17,19,22,24,28,39H,11-15H2,1-3H3,(H,36,40)(H2,32,34,35)/t17-,22+,24+,28?,30+,47?/m0/s1. The van der Waals surface area contributed by atoms with E-state index in [1.807, 2.05) is 18.2 Å². The summed E-state index contributed by atoms with van der Waals surface area (Å²) in [6.45, 7) is 2.99. The van der Waals surface area contributed by atoms with Crippen LogP contribution >= 0.6 is 7.75 Å². The minimum absolute atomic E-state index is 0.0858. The number of hydrogen-bond acceptors (Lipinski definition) is 13. The molecule has 0 amide bonds. The van der Waals surface area contributed by atoms with E-state index >= 15 is 4.39 Å². The molecule has 2 saturated heterocycles. The third kappa shape index (κ3) is 6.75. The minimum Gasteiger partial charge on any atom is -0.479 e. The van der Waals surface area contributed by atoms with E-state index in [1.54, 1.807) is 24.3 Å². The molecule has 47 heavy (non-hydrogen) atoms. The molecule has 17 heteroatoms. The second-order valence-electron chi connectivity index (χ2n) is 11.5. The second-order valence-corrected chi connectivity index (χ2v) is 13.2. The van der Waals surface area contributed by atoms with Gasteiger partial charge in [-0.25, -0.2) is 13.9 Å². The highest BCUT2D eigenvalue weighted by Crippen LogP contribution is 2.49. The van der Waals surface area contributed by atoms with Gasteiger partial charge in [-0.2, -0.15) is 15.1 Å². The first-order valence-electron chi connectivity index (χ1n) is 15.0. The van der Waals surface area contributed by atoms with Crippen molar-refractivity contribution in [2.45, 2.75) is 62.9 Å². The van der Waals surface area contributed by atoms with Crippen molar-refractivity contribution in [1.29, 1.82) is 0 Å². The van der Waals surface area contributed by atoms with Crippen LogP contribution in [0.4, 0.5) is 10.3 Å². The molecule has 0 saturated carbocycles.